The van der Waals surface area contributed by atoms with Gasteiger partial charge in [0.05, 0.1) is 0 Å². The van der Waals surface area contributed by atoms with Crippen LogP contribution in [0.3, 0.4) is 0 Å². The molecular formula is C60H110O6. The molecule has 0 N–H and O–H groups in total. The van der Waals surface area contributed by atoms with E-state index in [1.807, 2.05) is 0 Å². The third kappa shape index (κ3) is 52.6. The molecule has 0 amide bonds. The first-order valence-corrected chi connectivity index (χ1v) is 29.0. The van der Waals surface area contributed by atoms with Gasteiger partial charge in [0.15, 0.2) is 6.10 Å². The number of carbonyl (C=O) groups is 3. The van der Waals surface area contributed by atoms with E-state index in [2.05, 4.69) is 57.2 Å². The van der Waals surface area contributed by atoms with Gasteiger partial charge in [0.25, 0.3) is 0 Å². The molecule has 66 heavy (non-hydrogen) atoms. The second-order valence-corrected chi connectivity index (χ2v) is 19.6. The van der Waals surface area contributed by atoms with Crippen molar-refractivity contribution >= 4 is 17.9 Å². The lowest BCUT2D eigenvalue weighted by molar-refractivity contribution is -0.167. The lowest BCUT2D eigenvalue weighted by atomic mass is 10.0. The molecule has 0 spiro atoms. The van der Waals surface area contributed by atoms with Crippen LogP contribution in [0.25, 0.3) is 0 Å². The van der Waals surface area contributed by atoms with Crippen LogP contribution in [-0.2, 0) is 28.6 Å². The number of carbonyl (C=O) groups excluding carboxylic acids is 3. The van der Waals surface area contributed by atoms with Crippen molar-refractivity contribution in [2.24, 2.45) is 0 Å². The van der Waals surface area contributed by atoms with Gasteiger partial charge in [0.1, 0.15) is 13.2 Å². The lowest BCUT2D eigenvalue weighted by Gasteiger charge is -2.18. The normalized spacial score (nSPS) is 12.2. The Morgan fingerprint density at radius 3 is 0.909 bits per heavy atom. The molecule has 0 aromatic carbocycles. The van der Waals surface area contributed by atoms with Crippen LogP contribution in [0.15, 0.2) is 36.5 Å². The molecule has 0 saturated carbocycles. The molecule has 0 aromatic heterocycles. The molecule has 0 radical (unpaired) electrons. The summed E-state index contributed by atoms with van der Waals surface area (Å²) >= 11 is 0. The molecule has 1 unspecified atom stereocenters. The summed E-state index contributed by atoms with van der Waals surface area (Å²) < 4.78 is 16.9. The smallest absolute Gasteiger partial charge is 0.306 e. The maximum absolute atomic E-state index is 12.8. The Kier molecular flexibility index (Phi) is 53.2. The maximum Gasteiger partial charge on any atom is 0.306 e. The van der Waals surface area contributed by atoms with E-state index in [-0.39, 0.29) is 31.1 Å². The minimum absolute atomic E-state index is 0.0748. The summed E-state index contributed by atoms with van der Waals surface area (Å²) in [5, 5.41) is 0. The zero-order valence-corrected chi connectivity index (χ0v) is 44.2. The van der Waals surface area contributed by atoms with Crippen molar-refractivity contribution in [3.63, 3.8) is 0 Å². The summed E-state index contributed by atoms with van der Waals surface area (Å²) in [6.45, 7) is 6.60. The minimum atomic E-state index is -0.777. The second kappa shape index (κ2) is 55.2. The maximum atomic E-state index is 12.8. The first-order chi connectivity index (χ1) is 32.5. The summed E-state index contributed by atoms with van der Waals surface area (Å²) in [5.74, 6) is -0.877. The van der Waals surface area contributed by atoms with Gasteiger partial charge in [-0.15, -0.1) is 0 Å². The average molecular weight is 928 g/mol. The zero-order valence-electron chi connectivity index (χ0n) is 44.2. The minimum Gasteiger partial charge on any atom is -0.462 e. The quantitative estimate of drug-likeness (QED) is 0.0262. The third-order valence-electron chi connectivity index (χ3n) is 12.8. The first kappa shape index (κ1) is 63.6. The van der Waals surface area contributed by atoms with Crippen molar-refractivity contribution in [3.05, 3.63) is 36.5 Å². The lowest BCUT2D eigenvalue weighted by Crippen LogP contribution is -2.30. The number of ether oxygens (including phenoxy) is 3. The summed E-state index contributed by atoms with van der Waals surface area (Å²) in [7, 11) is 0. The van der Waals surface area contributed by atoms with E-state index < -0.39 is 6.10 Å². The van der Waals surface area contributed by atoms with Crippen LogP contribution < -0.4 is 0 Å². The fraction of sp³-hybridized carbons (Fsp3) is 0.850. The highest BCUT2D eigenvalue weighted by molar-refractivity contribution is 5.71. The molecule has 0 heterocycles. The first-order valence-electron chi connectivity index (χ1n) is 29.0. The van der Waals surface area contributed by atoms with Crippen LogP contribution in [0, 0.1) is 0 Å². The molecule has 0 rings (SSSR count). The van der Waals surface area contributed by atoms with Gasteiger partial charge in [-0.05, 0) is 70.6 Å². The van der Waals surface area contributed by atoms with Crippen molar-refractivity contribution in [2.45, 2.75) is 316 Å². The van der Waals surface area contributed by atoms with Crippen LogP contribution in [0.1, 0.15) is 310 Å². The topological polar surface area (TPSA) is 78.9 Å². The largest absolute Gasteiger partial charge is 0.462 e. The van der Waals surface area contributed by atoms with Crippen molar-refractivity contribution in [3.8, 4) is 0 Å². The molecule has 0 saturated heterocycles. The molecule has 0 fully saturated rings. The molecule has 6 heteroatoms. The Bertz CT molecular complexity index is 1110. The van der Waals surface area contributed by atoms with Crippen LogP contribution in [0.2, 0.25) is 0 Å². The van der Waals surface area contributed by atoms with E-state index in [1.165, 1.54) is 186 Å². The van der Waals surface area contributed by atoms with E-state index >= 15 is 0 Å². The second-order valence-electron chi connectivity index (χ2n) is 19.6. The number of unbranched alkanes of at least 4 members (excludes halogenated alkanes) is 36. The van der Waals surface area contributed by atoms with E-state index in [1.54, 1.807) is 0 Å². The van der Waals surface area contributed by atoms with Crippen LogP contribution in [0.5, 0.6) is 0 Å². The number of rotatable bonds is 53. The average Bonchev–Trinajstić information content (AvgIpc) is 3.31. The van der Waals surface area contributed by atoms with E-state index in [0.29, 0.717) is 19.3 Å². The van der Waals surface area contributed by atoms with Gasteiger partial charge in [-0.1, -0.05) is 256 Å². The number of hydrogen-bond acceptors (Lipinski definition) is 6. The number of esters is 3. The van der Waals surface area contributed by atoms with Crippen LogP contribution in [0.4, 0.5) is 0 Å². The number of hydrogen-bond donors (Lipinski definition) is 0. The summed E-state index contributed by atoms with van der Waals surface area (Å²) in [6.07, 6.45) is 65.6. The third-order valence-corrected chi connectivity index (χ3v) is 12.8. The van der Waals surface area contributed by atoms with E-state index in [9.17, 15) is 14.4 Å². The Morgan fingerprint density at radius 2 is 0.576 bits per heavy atom. The Hall–Kier alpha value is -2.37. The molecule has 0 bridgehead atoms. The molecule has 6 nitrogen and oxygen atoms in total. The SMILES string of the molecule is CCC/C=C\C/C=C\CCCCCCCC(=O)OCC(COC(=O)CCCCCCCCCCCCCCCCCCCC)OC(=O)CCCCCCCCC/C=C\CCCCCCCC. The zero-order chi connectivity index (χ0) is 47.9. The Labute approximate surface area is 410 Å². The standard InChI is InChI=1S/C60H110O6/c1-4-7-10-13-16-19-22-25-27-29-31-32-35-38-41-44-47-50-53-59(62)65-56-57(55-64-58(61)52-49-46-43-40-37-34-24-21-18-15-12-9-6-3)66-60(63)54-51-48-45-42-39-36-33-30-28-26-23-20-17-14-11-8-5-2/h12,15,21,24,26,28,57H,4-11,13-14,16-20,22-23,25,27,29-56H2,1-3H3/b15-12-,24-21-,28-26-. The highest BCUT2D eigenvalue weighted by Gasteiger charge is 2.19. The molecule has 0 aliphatic rings. The summed E-state index contributed by atoms with van der Waals surface area (Å²) in [4.78, 5) is 38.1. The predicted octanol–water partition coefficient (Wildman–Crippen LogP) is 19.3. The molecule has 0 aromatic rings. The van der Waals surface area contributed by atoms with Crippen LogP contribution >= 0.6 is 0 Å². The van der Waals surface area contributed by atoms with Gasteiger partial charge in [0, 0.05) is 19.3 Å². The highest BCUT2D eigenvalue weighted by Crippen LogP contribution is 2.17. The predicted molar refractivity (Wildman–Crippen MR) is 284 cm³/mol. The van der Waals surface area contributed by atoms with Gasteiger partial charge in [-0.2, -0.15) is 0 Å². The van der Waals surface area contributed by atoms with Crippen molar-refractivity contribution < 1.29 is 28.6 Å². The van der Waals surface area contributed by atoms with Gasteiger partial charge in [-0.25, -0.2) is 0 Å². The Balaban J connectivity index is 4.33. The van der Waals surface area contributed by atoms with E-state index in [0.717, 1.165) is 83.5 Å². The number of allylic oxidation sites excluding steroid dienone is 6. The van der Waals surface area contributed by atoms with Crippen molar-refractivity contribution in [1.82, 2.24) is 0 Å². The highest BCUT2D eigenvalue weighted by atomic mass is 16.6. The summed E-state index contributed by atoms with van der Waals surface area (Å²) in [5.41, 5.74) is 0. The molecule has 0 aliphatic carbocycles. The molecule has 1 atom stereocenters. The summed E-state index contributed by atoms with van der Waals surface area (Å²) in [6, 6.07) is 0. The van der Waals surface area contributed by atoms with Crippen molar-refractivity contribution in [1.29, 1.82) is 0 Å². The van der Waals surface area contributed by atoms with Crippen molar-refractivity contribution in [2.75, 3.05) is 13.2 Å². The Morgan fingerprint density at radius 1 is 0.303 bits per heavy atom. The molecule has 386 valence electrons. The molecular weight excluding hydrogens is 817 g/mol. The fourth-order valence-corrected chi connectivity index (χ4v) is 8.48. The van der Waals surface area contributed by atoms with E-state index in [4.69, 9.17) is 14.2 Å². The monoisotopic (exact) mass is 927 g/mol. The van der Waals surface area contributed by atoms with Gasteiger partial charge >= 0.3 is 17.9 Å². The molecule has 0 aliphatic heterocycles. The van der Waals surface area contributed by atoms with Gasteiger partial charge in [0.2, 0.25) is 0 Å². The van der Waals surface area contributed by atoms with Gasteiger partial charge < -0.3 is 14.2 Å². The van der Waals surface area contributed by atoms with Gasteiger partial charge in [-0.3, -0.25) is 14.4 Å². The fourth-order valence-electron chi connectivity index (χ4n) is 8.48. The van der Waals surface area contributed by atoms with Crippen LogP contribution in [-0.4, -0.2) is 37.2 Å².